The number of carbonyl (C=O) groups excluding carboxylic acids is 1. The molecule has 2 aromatic rings. The molecule has 1 atom stereocenters. The van der Waals surface area contributed by atoms with Crippen LogP contribution in [0, 0.1) is 0 Å². The topological polar surface area (TPSA) is 80.3 Å². The maximum Gasteiger partial charge on any atom is 0.260 e. The Labute approximate surface area is 203 Å². The summed E-state index contributed by atoms with van der Waals surface area (Å²) in [4.78, 5) is 17.1. The van der Waals surface area contributed by atoms with Crippen LogP contribution in [-0.4, -0.2) is 54.9 Å². The van der Waals surface area contributed by atoms with Gasteiger partial charge in [0.25, 0.3) is 5.91 Å². The monoisotopic (exact) mass is 480 g/mol. The van der Waals surface area contributed by atoms with Crippen LogP contribution in [0.4, 0.5) is 5.69 Å². The van der Waals surface area contributed by atoms with Gasteiger partial charge in [0.15, 0.2) is 6.29 Å². The molecule has 5 rings (SSSR count). The molecule has 1 amide bonds. The first-order chi connectivity index (χ1) is 16.4. The molecule has 0 spiro atoms. The number of nitrogens with zero attached hydrogens (tertiary/aromatic N) is 1. The second-order valence-electron chi connectivity index (χ2n) is 8.87. The molecule has 1 saturated heterocycles. The number of ether oxygens (including phenoxy) is 3. The van der Waals surface area contributed by atoms with E-state index in [0.717, 1.165) is 39.8 Å². The Morgan fingerprint density at radius 1 is 1.18 bits per heavy atom. The summed E-state index contributed by atoms with van der Waals surface area (Å²) in [5.74, 6) is 0.425. The van der Waals surface area contributed by atoms with Gasteiger partial charge in [0, 0.05) is 47.2 Å². The molecular weight excluding hydrogens is 452 g/mol. The molecule has 1 unspecified atom stereocenters. The number of hydrogen-bond donors (Lipinski definition) is 2. The molecule has 3 heterocycles. The number of hydrogen-bond acceptors (Lipinski definition) is 7. The number of rotatable bonds is 5. The molecule has 0 radical (unpaired) electrons. The SMILES string of the molecule is COC(O)c1ccccc1Sc1ccc2c(c1)NC(=O)/C2=C1\C=C(N2CCOCC2)C(C)(C)O1. The van der Waals surface area contributed by atoms with Gasteiger partial charge < -0.3 is 29.5 Å². The van der Waals surface area contributed by atoms with Gasteiger partial charge >= 0.3 is 0 Å². The zero-order chi connectivity index (χ0) is 23.9. The molecule has 0 bridgehead atoms. The van der Waals surface area contributed by atoms with Crippen molar-refractivity contribution in [3.8, 4) is 0 Å². The van der Waals surface area contributed by atoms with Gasteiger partial charge in [-0.2, -0.15) is 0 Å². The Kier molecular flexibility index (Phi) is 6.16. The lowest BCUT2D eigenvalue weighted by Crippen LogP contribution is -2.41. The fourth-order valence-corrected chi connectivity index (χ4v) is 5.55. The van der Waals surface area contributed by atoms with Crippen LogP contribution in [0.25, 0.3) is 5.57 Å². The Hall–Kier alpha value is -2.78. The van der Waals surface area contributed by atoms with Crippen molar-refractivity contribution in [3.63, 3.8) is 0 Å². The molecule has 3 aliphatic heterocycles. The van der Waals surface area contributed by atoms with Crippen molar-refractivity contribution in [3.05, 3.63) is 71.1 Å². The number of aliphatic hydroxyl groups excluding tert-OH is 1. The normalized spacial score (nSPS) is 22.2. The van der Waals surface area contributed by atoms with Crippen LogP contribution in [-0.2, 0) is 19.0 Å². The summed E-state index contributed by atoms with van der Waals surface area (Å²) in [7, 11) is 1.47. The summed E-state index contributed by atoms with van der Waals surface area (Å²) >= 11 is 1.51. The van der Waals surface area contributed by atoms with Gasteiger partial charge in [-0.25, -0.2) is 0 Å². The predicted octanol–water partition coefficient (Wildman–Crippen LogP) is 4.16. The molecule has 34 heavy (non-hydrogen) atoms. The van der Waals surface area contributed by atoms with Gasteiger partial charge in [-0.05, 0) is 32.0 Å². The first kappa shape index (κ1) is 23.0. The van der Waals surface area contributed by atoms with E-state index in [4.69, 9.17) is 14.2 Å². The molecule has 8 heteroatoms. The van der Waals surface area contributed by atoms with Crippen LogP contribution in [0.2, 0.25) is 0 Å². The van der Waals surface area contributed by atoms with Crippen molar-refractivity contribution in [2.24, 2.45) is 0 Å². The Balaban J connectivity index is 1.46. The second-order valence-corrected chi connectivity index (χ2v) is 9.99. The smallest absolute Gasteiger partial charge is 0.260 e. The fraction of sp³-hybridized carbons (Fsp3) is 0.346. The van der Waals surface area contributed by atoms with Gasteiger partial charge in [0.1, 0.15) is 11.4 Å². The third kappa shape index (κ3) is 4.22. The van der Waals surface area contributed by atoms with E-state index in [1.165, 1.54) is 18.9 Å². The maximum atomic E-state index is 13.0. The fourth-order valence-electron chi connectivity index (χ4n) is 4.55. The number of morpholine rings is 1. The van der Waals surface area contributed by atoms with Crippen LogP contribution in [0.5, 0.6) is 0 Å². The molecular formula is C26H28N2O5S. The van der Waals surface area contributed by atoms with Crippen molar-refractivity contribution < 1.29 is 24.1 Å². The van der Waals surface area contributed by atoms with Crippen molar-refractivity contribution in [1.29, 1.82) is 0 Å². The number of nitrogens with one attached hydrogen (secondary N) is 1. The molecule has 0 aromatic heterocycles. The lowest BCUT2D eigenvalue weighted by atomic mass is 10.0. The maximum absolute atomic E-state index is 13.0. The van der Waals surface area contributed by atoms with E-state index < -0.39 is 11.9 Å². The van der Waals surface area contributed by atoms with Crippen LogP contribution in [0.15, 0.2) is 69.8 Å². The molecule has 1 fully saturated rings. The summed E-state index contributed by atoms with van der Waals surface area (Å²) in [5, 5.41) is 13.2. The molecule has 3 aliphatic rings. The lowest BCUT2D eigenvalue weighted by molar-refractivity contribution is -0.111. The first-order valence-electron chi connectivity index (χ1n) is 11.3. The highest BCUT2D eigenvalue weighted by Crippen LogP contribution is 2.44. The number of methoxy groups -OCH3 is 1. The number of aliphatic hydroxyl groups is 1. The van der Waals surface area contributed by atoms with Gasteiger partial charge in [-0.3, -0.25) is 4.79 Å². The first-order valence-corrected chi connectivity index (χ1v) is 12.1. The van der Waals surface area contributed by atoms with Crippen molar-refractivity contribution in [1.82, 2.24) is 4.90 Å². The molecule has 2 aromatic carbocycles. The predicted molar refractivity (Wildman–Crippen MR) is 130 cm³/mol. The average Bonchev–Trinajstić information content (AvgIpc) is 3.33. The Bertz CT molecular complexity index is 1180. The minimum Gasteiger partial charge on any atom is -0.481 e. The summed E-state index contributed by atoms with van der Waals surface area (Å²) in [6.45, 7) is 7.05. The summed E-state index contributed by atoms with van der Waals surface area (Å²) in [6.07, 6.45) is 1.00. The number of benzene rings is 2. The van der Waals surface area contributed by atoms with Crippen molar-refractivity contribution in [2.45, 2.75) is 35.5 Å². The van der Waals surface area contributed by atoms with E-state index in [9.17, 15) is 9.90 Å². The largest absolute Gasteiger partial charge is 0.481 e. The summed E-state index contributed by atoms with van der Waals surface area (Å²) < 4.78 is 16.9. The highest BCUT2D eigenvalue weighted by Gasteiger charge is 2.40. The van der Waals surface area contributed by atoms with Crippen LogP contribution >= 0.6 is 11.8 Å². The number of carbonyl (C=O) groups is 1. The zero-order valence-corrected chi connectivity index (χ0v) is 20.3. The van der Waals surface area contributed by atoms with Crippen LogP contribution < -0.4 is 5.32 Å². The summed E-state index contributed by atoms with van der Waals surface area (Å²) in [5.41, 5.74) is 3.37. The highest BCUT2D eigenvalue weighted by atomic mass is 32.2. The van der Waals surface area contributed by atoms with E-state index in [2.05, 4.69) is 10.2 Å². The van der Waals surface area contributed by atoms with Crippen molar-refractivity contribution in [2.75, 3.05) is 38.7 Å². The van der Waals surface area contributed by atoms with E-state index in [0.29, 0.717) is 30.1 Å². The number of anilines is 1. The minimum absolute atomic E-state index is 0.169. The van der Waals surface area contributed by atoms with E-state index in [1.54, 1.807) is 0 Å². The van der Waals surface area contributed by atoms with E-state index in [-0.39, 0.29) is 5.91 Å². The van der Waals surface area contributed by atoms with Crippen molar-refractivity contribution >= 4 is 28.9 Å². The molecule has 0 saturated carbocycles. The van der Waals surface area contributed by atoms with Gasteiger partial charge in [0.05, 0.1) is 30.2 Å². The van der Waals surface area contributed by atoms with E-state index in [1.807, 2.05) is 62.4 Å². The molecule has 2 N–H and O–H groups in total. The van der Waals surface area contributed by atoms with Crippen LogP contribution in [0.3, 0.4) is 0 Å². The minimum atomic E-state index is -0.996. The number of allylic oxidation sites excluding steroid dienone is 1. The quantitative estimate of drug-likeness (QED) is 0.491. The van der Waals surface area contributed by atoms with Gasteiger partial charge in [-0.1, -0.05) is 36.0 Å². The number of amides is 1. The third-order valence-corrected chi connectivity index (χ3v) is 7.30. The van der Waals surface area contributed by atoms with Gasteiger partial charge in [-0.15, -0.1) is 0 Å². The van der Waals surface area contributed by atoms with Crippen LogP contribution in [0.1, 0.15) is 31.3 Å². The Morgan fingerprint density at radius 3 is 2.71 bits per heavy atom. The third-order valence-electron chi connectivity index (χ3n) is 6.22. The highest BCUT2D eigenvalue weighted by molar-refractivity contribution is 7.99. The zero-order valence-electron chi connectivity index (χ0n) is 19.5. The molecule has 0 aliphatic carbocycles. The number of fused-ring (bicyclic) bond motifs is 1. The summed E-state index contributed by atoms with van der Waals surface area (Å²) in [6, 6.07) is 13.4. The Morgan fingerprint density at radius 2 is 1.94 bits per heavy atom. The second kappa shape index (κ2) is 9.11. The molecule has 178 valence electrons. The molecule has 7 nitrogen and oxygen atoms in total. The standard InChI is InChI=1S/C26H28N2O5S/c1-26(2)22(28-10-12-32-13-11-28)15-20(33-26)23-17-9-8-16(14-19(17)27-24(23)29)34-21-7-5-4-6-18(21)25(30)31-3/h4-9,14-15,25,30H,10-13H2,1-3H3,(H,27,29)/b23-20+. The lowest BCUT2D eigenvalue weighted by Gasteiger charge is -2.35. The average molecular weight is 481 g/mol. The van der Waals surface area contributed by atoms with Gasteiger partial charge in [0.2, 0.25) is 0 Å². The van der Waals surface area contributed by atoms with E-state index >= 15 is 0 Å².